The number of phenols is 1. The van der Waals surface area contributed by atoms with Gasteiger partial charge in [-0.25, -0.2) is 4.79 Å². The molecule has 654 valence electrons. The van der Waals surface area contributed by atoms with Crippen molar-refractivity contribution in [1.29, 1.82) is 0 Å². The first-order valence-electron chi connectivity index (χ1n) is 37.6. The first-order valence-corrected chi connectivity index (χ1v) is 40.1. The monoisotopic (exact) mass is 1700 g/mol. The molecule has 1 fully saturated rings. The summed E-state index contributed by atoms with van der Waals surface area (Å²) in [7, 11) is 1.45. The second-order valence-corrected chi connectivity index (χ2v) is 30.0. The van der Waals surface area contributed by atoms with Crippen LogP contribution in [0, 0.1) is 11.8 Å². The fourth-order valence-corrected chi connectivity index (χ4v) is 13.3. The van der Waals surface area contributed by atoms with Gasteiger partial charge in [-0.1, -0.05) is 105 Å². The number of rotatable bonds is 33. The van der Waals surface area contributed by atoms with E-state index in [0.717, 1.165) is 28.5 Å². The van der Waals surface area contributed by atoms with Crippen LogP contribution in [0.4, 0.5) is 0 Å². The van der Waals surface area contributed by atoms with Gasteiger partial charge in [-0.15, -0.1) is 0 Å². The van der Waals surface area contributed by atoms with Gasteiger partial charge in [-0.3, -0.25) is 86.9 Å². The number of aliphatic hydroxyl groups is 2. The minimum absolute atomic E-state index is 0.0147. The van der Waals surface area contributed by atoms with E-state index >= 15 is 9.59 Å². The van der Waals surface area contributed by atoms with E-state index in [9.17, 15) is 92.7 Å². The van der Waals surface area contributed by atoms with E-state index in [-0.39, 0.29) is 107 Å². The Morgan fingerprint density at radius 2 is 1.03 bits per heavy atom. The van der Waals surface area contributed by atoms with Crippen LogP contribution < -0.4 is 115 Å². The summed E-state index contributed by atoms with van der Waals surface area (Å²) in [4.78, 5) is 237. The maximum atomic E-state index is 15.2. The lowest BCUT2D eigenvalue weighted by atomic mass is 9.96. The number of nitrogens with zero attached hydrogens (tertiary/aromatic N) is 3. The number of aromatic hydroxyl groups is 1. The summed E-state index contributed by atoms with van der Waals surface area (Å²) in [5, 5.41) is 84.5. The van der Waals surface area contributed by atoms with Gasteiger partial charge in [0.2, 0.25) is 82.7 Å². The SMILES string of the molecule is CC[C@H](C)[C@@H]1NC(=O)[C@@H](CCCN=C(N)N)NC(=O)CNC(=O)CNC(=O)[C@@H](Cc2ccc(O)cc2)NC(=O)[C@H](C)NC(=O)[C@H](NC(=O)[C@H](CO)NC(=O)[C@@H](N)CO)CSSC[C@H](C(=O)N[C@H](Cc2ccccc2)C(=O)N[C@H](CCCN=C(N)N)C(=O)O)NC(=O)[C@@H]([C@@H](C)CC)NC(=O)[C@H](CCCN=C(N)N)NC(=O)[C@@H](CC(=O)O)NC1=O. The normalized spacial score (nSPS) is 21.8. The van der Waals surface area contributed by atoms with E-state index in [1.54, 1.807) is 44.2 Å². The molecule has 1 saturated heterocycles. The number of carbonyl (C=O) groups is 16. The van der Waals surface area contributed by atoms with E-state index in [4.69, 9.17) is 40.1 Å². The van der Waals surface area contributed by atoms with Crippen molar-refractivity contribution in [3.63, 3.8) is 0 Å². The number of nitrogens with one attached hydrogen (secondary N) is 14. The summed E-state index contributed by atoms with van der Waals surface area (Å²) in [5.74, 6) is -22.5. The number of aliphatic carboxylic acids is 2. The molecule has 0 unspecified atom stereocenters. The molecule has 1 heterocycles. The number of carboxylic acids is 2. The van der Waals surface area contributed by atoms with Crippen LogP contribution in [0.5, 0.6) is 5.75 Å². The highest BCUT2D eigenvalue weighted by molar-refractivity contribution is 8.76. The number of guanidine groups is 3. The van der Waals surface area contributed by atoms with Crippen molar-refractivity contribution in [1.82, 2.24) is 74.4 Å². The molecule has 14 amide bonds. The largest absolute Gasteiger partial charge is 0.508 e. The van der Waals surface area contributed by atoms with Gasteiger partial charge in [-0.05, 0) is 80.5 Å². The number of nitrogens with two attached hydrogens (primary N) is 7. The van der Waals surface area contributed by atoms with Crippen LogP contribution in [0.1, 0.15) is 104 Å². The lowest BCUT2D eigenvalue weighted by Gasteiger charge is -2.30. The minimum Gasteiger partial charge on any atom is -0.508 e. The Balaban J connectivity index is 2.39. The van der Waals surface area contributed by atoms with Crippen molar-refractivity contribution in [2.75, 3.05) is 57.4 Å². The molecule has 0 bridgehead atoms. The average Bonchev–Trinajstić information content (AvgIpc) is 0.847. The van der Waals surface area contributed by atoms with Gasteiger partial charge >= 0.3 is 11.9 Å². The third kappa shape index (κ3) is 37.4. The molecule has 118 heavy (non-hydrogen) atoms. The molecule has 0 saturated carbocycles. The fraction of sp³-hybridized carbons (Fsp3) is 0.563. The summed E-state index contributed by atoms with van der Waals surface area (Å²) in [6.45, 7) is 3.45. The highest BCUT2D eigenvalue weighted by Crippen LogP contribution is 2.25. The van der Waals surface area contributed by atoms with Crippen molar-refractivity contribution >= 4 is 134 Å². The number of aliphatic hydroxyl groups excluding tert-OH is 2. The average molecular weight is 1700 g/mol. The van der Waals surface area contributed by atoms with Gasteiger partial charge in [-0.2, -0.15) is 0 Å². The van der Waals surface area contributed by atoms with E-state index in [1.807, 2.05) is 0 Å². The number of hydrogen-bond donors (Lipinski definition) is 26. The second-order valence-electron chi connectivity index (χ2n) is 27.5. The summed E-state index contributed by atoms with van der Waals surface area (Å²) >= 11 is 0. The maximum absolute atomic E-state index is 15.2. The number of benzene rings is 2. The van der Waals surface area contributed by atoms with Crippen LogP contribution >= 0.6 is 21.6 Å². The Labute approximate surface area is 687 Å². The van der Waals surface area contributed by atoms with Crippen LogP contribution in [0.2, 0.25) is 0 Å². The first-order chi connectivity index (χ1) is 55.8. The van der Waals surface area contributed by atoms with Crippen molar-refractivity contribution in [2.24, 2.45) is 66.9 Å². The molecule has 1 aliphatic heterocycles. The molecule has 0 aliphatic carbocycles. The van der Waals surface area contributed by atoms with Crippen molar-refractivity contribution < 1.29 is 102 Å². The quantitative estimate of drug-likeness (QED) is 0.0137. The third-order valence-electron chi connectivity index (χ3n) is 18.0. The van der Waals surface area contributed by atoms with Crippen LogP contribution in [0.25, 0.3) is 0 Å². The molecule has 3 rings (SSSR count). The number of carbonyl (C=O) groups excluding carboxylic acids is 14. The molecular formula is C71H112N24O21S2. The number of phenolic OH excluding ortho intramolecular Hbond substituents is 1. The molecule has 0 radical (unpaired) electrons. The first kappa shape index (κ1) is 100. The van der Waals surface area contributed by atoms with E-state index in [1.165, 1.54) is 38.1 Å². The Hall–Kier alpha value is -11.8. The van der Waals surface area contributed by atoms with E-state index in [0.29, 0.717) is 11.1 Å². The summed E-state index contributed by atoms with van der Waals surface area (Å²) in [5.41, 5.74) is 39.6. The van der Waals surface area contributed by atoms with Gasteiger partial charge in [0.25, 0.3) is 0 Å². The van der Waals surface area contributed by atoms with Gasteiger partial charge in [0, 0.05) is 44.0 Å². The number of amides is 14. The molecule has 45 nitrogen and oxygen atoms in total. The molecular weight excluding hydrogens is 1590 g/mol. The molecule has 0 aromatic heterocycles. The highest BCUT2D eigenvalue weighted by atomic mass is 33.1. The number of hydrogen-bond acceptors (Lipinski definition) is 25. The molecule has 2 aromatic carbocycles. The lowest BCUT2D eigenvalue weighted by Crippen LogP contribution is -2.62. The zero-order valence-corrected chi connectivity index (χ0v) is 67.6. The van der Waals surface area contributed by atoms with E-state index in [2.05, 4.69) is 89.4 Å². The van der Waals surface area contributed by atoms with Crippen LogP contribution in [-0.2, 0) is 89.6 Å². The third-order valence-corrected chi connectivity index (χ3v) is 20.5. The molecule has 47 heteroatoms. The van der Waals surface area contributed by atoms with Gasteiger partial charge in [0.1, 0.15) is 84.3 Å². The van der Waals surface area contributed by atoms with Gasteiger partial charge in [0.15, 0.2) is 17.9 Å². The number of carboxylic acid groups (broad SMARTS) is 2. The van der Waals surface area contributed by atoms with Crippen LogP contribution in [0.3, 0.4) is 0 Å². The molecule has 2 aromatic rings. The zero-order chi connectivity index (χ0) is 88.3. The smallest absolute Gasteiger partial charge is 0.326 e. The predicted octanol–water partition coefficient (Wildman–Crippen LogP) is -9.23. The molecule has 15 atom stereocenters. The summed E-state index contributed by atoms with van der Waals surface area (Å²) in [6, 6.07) is -8.69. The Morgan fingerprint density at radius 1 is 0.517 bits per heavy atom. The fourth-order valence-electron chi connectivity index (χ4n) is 11.0. The lowest BCUT2D eigenvalue weighted by molar-refractivity contribution is -0.142. The summed E-state index contributed by atoms with van der Waals surface area (Å²) < 4.78 is 0. The molecule has 0 spiro atoms. The molecule has 1 aliphatic rings. The summed E-state index contributed by atoms with van der Waals surface area (Å²) in [6.07, 6.45) is -2.35. The number of aliphatic imine (C=N–C) groups is 3. The van der Waals surface area contributed by atoms with Crippen LogP contribution in [-0.4, -0.2) is 274 Å². The Morgan fingerprint density at radius 3 is 1.56 bits per heavy atom. The van der Waals surface area contributed by atoms with Crippen molar-refractivity contribution in [3.05, 3.63) is 65.7 Å². The Bertz CT molecular complexity index is 3840. The standard InChI is InChI=1S/C71H112N24O21S2/c1-6-35(3)54-66(113)90-47(28-53(101)102)62(109)86-43(17-12-24-80-70(75)76)60(107)95-55(36(4)7-2)67(114)93-50(65(112)89-46(26-38-14-9-8-10-15-38)61(108)87-44(68(115)116)18-13-25-81-71(77)78)34-118-117-33-49(92-63(110)48(32-97)91-57(104)41(72)31-96)64(111)84-37(5)56(103)88-45(27-39-19-21-40(98)22-20-39)58(105)83-29-51(99)82-30-52(100)85-42(59(106)94-54)16-11-23-79-69(73)74/h8-10,14-15,19-22,35-37,41-50,54-55,96-98H,6-7,11-13,16-18,23-34,72H2,1-5H3,(H,82,99)(H,83,105)(H,84,111)(H,85,100)(H,86,109)(H,87,108)(H,88,103)(H,89,112)(H,90,113)(H,91,104)(H,92,110)(H,93,114)(H,94,106)(H,95,107)(H,101,102)(H,115,116)(H4,73,74,79)(H4,75,76,80)(H4,77,78,81)/t35-,36-,37-,41-,42+,43-,44+,45+,46+,47+,48-,49+,50+,54-,55+/m0/s1. The van der Waals surface area contributed by atoms with E-state index < -0.39 is 229 Å². The van der Waals surface area contributed by atoms with Gasteiger partial charge < -0.3 is 140 Å². The minimum atomic E-state index is -2.03. The second kappa shape index (κ2) is 52.7. The zero-order valence-electron chi connectivity index (χ0n) is 66.0. The Kier molecular flexibility index (Phi) is 44.8. The van der Waals surface area contributed by atoms with Crippen LogP contribution in [0.15, 0.2) is 69.6 Å². The topological polar surface area (TPSA) is 762 Å². The maximum Gasteiger partial charge on any atom is 0.326 e. The highest BCUT2D eigenvalue weighted by Gasteiger charge is 2.39. The van der Waals surface area contributed by atoms with Crippen molar-refractivity contribution in [3.8, 4) is 5.75 Å². The predicted molar refractivity (Wildman–Crippen MR) is 432 cm³/mol. The molecule has 33 N–H and O–H groups in total. The van der Waals surface area contributed by atoms with Gasteiger partial charge in [0.05, 0.1) is 32.7 Å². The van der Waals surface area contributed by atoms with Crippen molar-refractivity contribution in [2.45, 2.75) is 184 Å².